The molecule has 4 rings (SSSR count). The van der Waals surface area contributed by atoms with Crippen LogP contribution < -0.4 is 5.32 Å². The van der Waals surface area contributed by atoms with E-state index in [2.05, 4.69) is 25.4 Å². The first-order valence-electron chi connectivity index (χ1n) is 16.4. The van der Waals surface area contributed by atoms with Gasteiger partial charge >= 0.3 is 5.97 Å². The molecule has 0 saturated carbocycles. The number of hydrogen-bond donors (Lipinski definition) is 2. The van der Waals surface area contributed by atoms with Crippen molar-refractivity contribution in [3.63, 3.8) is 0 Å². The number of benzene rings is 1. The highest BCUT2D eigenvalue weighted by Crippen LogP contribution is 2.58. The molecule has 3 saturated heterocycles. The first-order chi connectivity index (χ1) is 21.7. The number of nitrogens with zero attached hydrogens (tertiary/aromatic N) is 2. The fourth-order valence-corrected chi connectivity index (χ4v) is 7.37. The maximum Gasteiger partial charge on any atom is 0.306 e. The molecule has 1 aromatic carbocycles. The molecule has 2 N–H and O–H groups in total. The van der Waals surface area contributed by atoms with E-state index >= 15 is 0 Å². The molecule has 0 aliphatic carbocycles. The summed E-state index contributed by atoms with van der Waals surface area (Å²) in [6, 6.07) is 7.70. The zero-order chi connectivity index (χ0) is 32.6. The van der Waals surface area contributed by atoms with Crippen molar-refractivity contribution in [2.24, 2.45) is 11.8 Å². The van der Waals surface area contributed by atoms with Crippen LogP contribution in [-0.4, -0.2) is 88.7 Å². The molecule has 7 atom stereocenters. The lowest BCUT2D eigenvalue weighted by atomic mass is 9.70. The second-order valence-electron chi connectivity index (χ2n) is 12.4. The van der Waals surface area contributed by atoms with Crippen LogP contribution in [0.25, 0.3) is 0 Å². The van der Waals surface area contributed by atoms with Gasteiger partial charge in [0, 0.05) is 32.2 Å². The molecule has 3 aliphatic rings. The third-order valence-corrected chi connectivity index (χ3v) is 9.47. The van der Waals surface area contributed by atoms with E-state index in [1.807, 2.05) is 37.3 Å². The molecule has 3 aliphatic heterocycles. The summed E-state index contributed by atoms with van der Waals surface area (Å²) in [7, 11) is 0. The minimum Gasteiger partial charge on any atom is -0.463 e. The van der Waals surface area contributed by atoms with Gasteiger partial charge in [-0.3, -0.25) is 19.2 Å². The normalized spacial score (nSPS) is 26.2. The first kappa shape index (κ1) is 34.4. The van der Waals surface area contributed by atoms with Gasteiger partial charge in [0.25, 0.3) is 0 Å². The zero-order valence-electron chi connectivity index (χ0n) is 26.7. The van der Waals surface area contributed by atoms with Crippen LogP contribution in [0.3, 0.4) is 0 Å². The minimum absolute atomic E-state index is 0.0199. The van der Waals surface area contributed by atoms with Crippen LogP contribution in [0, 0.1) is 11.8 Å². The van der Waals surface area contributed by atoms with Crippen LogP contribution in [0.1, 0.15) is 76.8 Å². The summed E-state index contributed by atoms with van der Waals surface area (Å²) in [5.41, 5.74) is -0.354. The van der Waals surface area contributed by atoms with Gasteiger partial charge in [-0.15, -0.1) is 13.2 Å². The molecule has 0 radical (unpaired) electrons. The lowest BCUT2D eigenvalue weighted by Gasteiger charge is -2.39. The Hall–Kier alpha value is -3.50. The number of aliphatic hydroxyl groups is 1. The third kappa shape index (κ3) is 7.17. The Morgan fingerprint density at radius 3 is 2.64 bits per heavy atom. The van der Waals surface area contributed by atoms with Crippen LogP contribution in [-0.2, 0) is 28.7 Å². The molecule has 10 heteroatoms. The van der Waals surface area contributed by atoms with E-state index in [4.69, 9.17) is 9.47 Å². The topological polar surface area (TPSA) is 125 Å². The number of unbranched alkanes of at least 4 members (excludes halogenated alkanes) is 1. The Bertz CT molecular complexity index is 1220. The number of nitrogens with one attached hydrogen (secondary N) is 1. The fraction of sp³-hybridized carbons (Fsp3) is 0.600. The van der Waals surface area contributed by atoms with Crippen molar-refractivity contribution in [3.05, 3.63) is 61.2 Å². The molecule has 0 aromatic heterocycles. The molecule has 1 unspecified atom stereocenters. The van der Waals surface area contributed by atoms with Gasteiger partial charge in [0.05, 0.1) is 24.0 Å². The molecular formula is C35H49N3O7. The molecular weight excluding hydrogens is 574 g/mol. The Labute approximate surface area is 266 Å². The molecule has 3 fully saturated rings. The molecule has 246 valence electrons. The standard InChI is InChI=1S/C35H49N3O7/c1-5-8-17-28(40)44-23-26(25-15-10-9-11-16-25)36-32(41)29-27-18-19-35(45-27)30(29)33(42)38(21-12-13-22-39)31(35)34(43)37(20-7-3)24(4)14-6-2/h5,7,9-11,15-16,24,26-27,29-31,39H,1,3,6,8,12-14,17-23H2,2,4H3,(H,36,41)/t24?,26-,27+,29-,30-,31+,35-/m1/s1. The molecule has 3 heterocycles. The van der Waals surface area contributed by atoms with Crippen LogP contribution >= 0.6 is 0 Å². The van der Waals surface area contributed by atoms with Crippen LogP contribution in [0.5, 0.6) is 0 Å². The lowest BCUT2D eigenvalue weighted by Crippen LogP contribution is -2.58. The molecule has 45 heavy (non-hydrogen) atoms. The van der Waals surface area contributed by atoms with E-state index in [-0.39, 0.29) is 55.9 Å². The maximum absolute atomic E-state index is 14.4. The highest BCUT2D eigenvalue weighted by Gasteiger charge is 2.74. The molecule has 2 bridgehead atoms. The van der Waals surface area contributed by atoms with E-state index in [1.54, 1.807) is 22.0 Å². The van der Waals surface area contributed by atoms with Crippen LogP contribution in [0.4, 0.5) is 0 Å². The van der Waals surface area contributed by atoms with Gasteiger partial charge in [-0.2, -0.15) is 0 Å². The number of aliphatic hydroxyl groups excluding tert-OH is 1. The highest BCUT2D eigenvalue weighted by molar-refractivity contribution is 5.99. The molecule has 3 amide bonds. The Morgan fingerprint density at radius 2 is 1.98 bits per heavy atom. The average Bonchev–Trinajstić information content (AvgIpc) is 3.68. The highest BCUT2D eigenvalue weighted by atomic mass is 16.5. The van der Waals surface area contributed by atoms with E-state index in [0.29, 0.717) is 38.6 Å². The largest absolute Gasteiger partial charge is 0.463 e. The average molecular weight is 624 g/mol. The number of amides is 3. The van der Waals surface area contributed by atoms with Crippen molar-refractivity contribution in [1.82, 2.24) is 15.1 Å². The Morgan fingerprint density at radius 1 is 1.22 bits per heavy atom. The first-order valence-corrected chi connectivity index (χ1v) is 16.4. The van der Waals surface area contributed by atoms with E-state index < -0.39 is 35.6 Å². The molecule has 1 aromatic rings. The fourth-order valence-electron chi connectivity index (χ4n) is 7.37. The number of ether oxygens (including phenoxy) is 2. The maximum atomic E-state index is 14.4. The van der Waals surface area contributed by atoms with Crippen molar-refractivity contribution in [3.8, 4) is 0 Å². The van der Waals surface area contributed by atoms with Crippen LogP contribution in [0.2, 0.25) is 0 Å². The van der Waals surface area contributed by atoms with Gasteiger partial charge in [0.15, 0.2) is 0 Å². The predicted molar refractivity (Wildman–Crippen MR) is 170 cm³/mol. The summed E-state index contributed by atoms with van der Waals surface area (Å²) in [6.07, 6.45) is 7.27. The number of allylic oxidation sites excluding steroid dienone is 1. The second kappa shape index (κ2) is 15.7. The van der Waals surface area contributed by atoms with Crippen molar-refractivity contribution in [2.45, 2.75) is 95.0 Å². The minimum atomic E-state index is -1.12. The van der Waals surface area contributed by atoms with Gasteiger partial charge in [-0.05, 0) is 51.0 Å². The van der Waals surface area contributed by atoms with E-state index in [1.165, 1.54) is 0 Å². The molecule has 10 nitrogen and oxygen atoms in total. The van der Waals surface area contributed by atoms with E-state index in [9.17, 15) is 24.3 Å². The summed E-state index contributed by atoms with van der Waals surface area (Å²) >= 11 is 0. The SMILES string of the molecule is C=CCCC(=O)OC[C@@H](NC(=O)[C@@H]1[C@@H]2CC[C@]3(O2)[C@H](C(=O)N(CC=C)C(C)CCC)N(CCCCO)C(=O)[C@@H]13)c1ccccc1. The smallest absolute Gasteiger partial charge is 0.306 e. The number of rotatable bonds is 18. The lowest BCUT2D eigenvalue weighted by molar-refractivity contribution is -0.149. The number of carbonyl (C=O) groups is 4. The van der Waals surface area contributed by atoms with Gasteiger partial charge in [-0.25, -0.2) is 0 Å². The number of carbonyl (C=O) groups excluding carboxylic acids is 4. The second-order valence-corrected chi connectivity index (χ2v) is 12.4. The summed E-state index contributed by atoms with van der Waals surface area (Å²) < 4.78 is 12.1. The van der Waals surface area contributed by atoms with Gasteiger partial charge < -0.3 is 29.7 Å². The van der Waals surface area contributed by atoms with Crippen molar-refractivity contribution in [2.75, 3.05) is 26.3 Å². The van der Waals surface area contributed by atoms with Crippen molar-refractivity contribution < 1.29 is 33.8 Å². The predicted octanol–water partition coefficient (Wildman–Crippen LogP) is 3.70. The summed E-state index contributed by atoms with van der Waals surface area (Å²) in [5, 5.41) is 12.5. The number of hydrogen-bond acceptors (Lipinski definition) is 7. The number of esters is 1. The summed E-state index contributed by atoms with van der Waals surface area (Å²) in [5.74, 6) is -2.82. The Kier molecular flexibility index (Phi) is 12.0. The van der Waals surface area contributed by atoms with Crippen molar-refractivity contribution in [1.29, 1.82) is 0 Å². The quantitative estimate of drug-likeness (QED) is 0.145. The zero-order valence-corrected chi connectivity index (χ0v) is 26.7. The monoisotopic (exact) mass is 623 g/mol. The number of fused-ring (bicyclic) bond motifs is 1. The van der Waals surface area contributed by atoms with Gasteiger partial charge in [0.1, 0.15) is 18.2 Å². The number of likely N-dealkylation sites (tertiary alicyclic amines) is 1. The van der Waals surface area contributed by atoms with Crippen molar-refractivity contribution >= 4 is 23.7 Å². The van der Waals surface area contributed by atoms with Crippen LogP contribution in [0.15, 0.2) is 55.6 Å². The molecule has 1 spiro atoms. The Balaban J connectivity index is 1.63. The summed E-state index contributed by atoms with van der Waals surface area (Å²) in [6.45, 7) is 12.1. The third-order valence-electron chi connectivity index (χ3n) is 9.47. The van der Waals surface area contributed by atoms with E-state index in [0.717, 1.165) is 18.4 Å². The van der Waals surface area contributed by atoms with Gasteiger partial charge in [-0.1, -0.05) is 55.8 Å². The summed E-state index contributed by atoms with van der Waals surface area (Å²) in [4.78, 5) is 58.5. The van der Waals surface area contributed by atoms with Gasteiger partial charge in [0.2, 0.25) is 17.7 Å².